The molecule has 0 radical (unpaired) electrons. The molecule has 0 aliphatic heterocycles. The first-order valence-electron chi connectivity index (χ1n) is 8.14. The van der Waals surface area contributed by atoms with Crippen LogP contribution in [0.25, 0.3) is 16.5 Å². The minimum Gasteiger partial charge on any atom is -0.496 e. The van der Waals surface area contributed by atoms with Crippen LogP contribution in [0.3, 0.4) is 0 Å². The fourth-order valence-corrected chi connectivity index (χ4v) is 3.11. The zero-order valence-corrected chi connectivity index (χ0v) is 16.1. The van der Waals surface area contributed by atoms with Crippen LogP contribution in [0.15, 0.2) is 28.9 Å². The number of methoxy groups -OCH3 is 1. The van der Waals surface area contributed by atoms with Crippen molar-refractivity contribution >= 4 is 40.2 Å². The average Bonchev–Trinajstić information content (AvgIpc) is 2.97. The number of carbonyl (C=O) groups excluding carboxylic acids is 1. The maximum atomic E-state index is 12.3. The van der Waals surface area contributed by atoms with Gasteiger partial charge < -0.3 is 19.6 Å². The number of ether oxygens (including phenoxy) is 1. The van der Waals surface area contributed by atoms with Gasteiger partial charge in [-0.15, -0.1) is 0 Å². The number of amides is 1. The molecule has 0 bridgehead atoms. The number of hydrogen-bond acceptors (Lipinski definition) is 5. The van der Waals surface area contributed by atoms with E-state index in [0.717, 1.165) is 16.5 Å². The van der Waals surface area contributed by atoms with E-state index in [9.17, 15) is 14.7 Å². The van der Waals surface area contributed by atoms with Crippen molar-refractivity contribution in [3.05, 3.63) is 35.6 Å². The van der Waals surface area contributed by atoms with E-state index in [2.05, 4.69) is 5.32 Å². The Balaban J connectivity index is 2.27. The summed E-state index contributed by atoms with van der Waals surface area (Å²) >= 11 is 1.54. The minimum absolute atomic E-state index is 0.374. The molecule has 2 N–H and O–H groups in total. The largest absolute Gasteiger partial charge is 0.496 e. The number of carbonyl (C=O) groups is 2. The standard InChI is InChI=1S/C19H23NO5S/c1-11(7-18(21)20-15(19(22)23)5-6-26-4)13-8-14-12(2)10-25-17(14)9-16(13)24-3/h7-10,15H,5-6H2,1-4H3,(H,20,21)(H,22,23)/b11-7+. The van der Waals surface area contributed by atoms with E-state index in [1.54, 1.807) is 26.4 Å². The lowest BCUT2D eigenvalue weighted by Gasteiger charge is -2.13. The van der Waals surface area contributed by atoms with Crippen LogP contribution < -0.4 is 10.1 Å². The van der Waals surface area contributed by atoms with Crippen LogP contribution >= 0.6 is 11.8 Å². The Morgan fingerprint density at radius 3 is 2.77 bits per heavy atom. The van der Waals surface area contributed by atoms with Crippen LogP contribution in [0.4, 0.5) is 0 Å². The lowest BCUT2D eigenvalue weighted by molar-refractivity contribution is -0.141. The molecule has 2 aromatic rings. The first-order chi connectivity index (χ1) is 12.4. The molecule has 7 heteroatoms. The maximum absolute atomic E-state index is 12.3. The van der Waals surface area contributed by atoms with Crippen LogP contribution in [0, 0.1) is 6.92 Å². The van der Waals surface area contributed by atoms with Gasteiger partial charge in [0.05, 0.1) is 13.4 Å². The molecule has 140 valence electrons. The Kier molecular flexibility index (Phi) is 6.74. The maximum Gasteiger partial charge on any atom is 0.326 e. The number of furan rings is 1. The fourth-order valence-electron chi connectivity index (χ4n) is 2.64. The fraction of sp³-hybridized carbons (Fsp3) is 0.368. The van der Waals surface area contributed by atoms with Gasteiger partial charge in [0.25, 0.3) is 0 Å². The summed E-state index contributed by atoms with van der Waals surface area (Å²) < 4.78 is 10.9. The molecule has 0 spiro atoms. The molecule has 0 saturated heterocycles. The van der Waals surface area contributed by atoms with E-state index in [1.165, 1.54) is 17.8 Å². The third-order valence-electron chi connectivity index (χ3n) is 4.09. The Morgan fingerprint density at radius 2 is 2.15 bits per heavy atom. The number of carboxylic acid groups (broad SMARTS) is 1. The van der Waals surface area contributed by atoms with E-state index in [0.29, 0.717) is 29.1 Å². The predicted octanol–water partition coefficient (Wildman–Crippen LogP) is 3.48. The van der Waals surface area contributed by atoms with Gasteiger partial charge in [-0.05, 0) is 49.5 Å². The van der Waals surface area contributed by atoms with Gasteiger partial charge >= 0.3 is 5.97 Å². The van der Waals surface area contributed by atoms with Crippen molar-refractivity contribution < 1.29 is 23.8 Å². The normalized spacial score (nSPS) is 12.8. The van der Waals surface area contributed by atoms with E-state index in [1.807, 2.05) is 19.2 Å². The highest BCUT2D eigenvalue weighted by Crippen LogP contribution is 2.33. The zero-order chi connectivity index (χ0) is 19.3. The summed E-state index contributed by atoms with van der Waals surface area (Å²) in [7, 11) is 1.55. The van der Waals surface area contributed by atoms with Crippen LogP contribution in [-0.2, 0) is 9.59 Å². The molecule has 1 unspecified atom stereocenters. The Bertz CT molecular complexity index is 840. The molecule has 1 heterocycles. The Labute approximate surface area is 156 Å². The van der Waals surface area contributed by atoms with Crippen molar-refractivity contribution in [1.29, 1.82) is 0 Å². The van der Waals surface area contributed by atoms with Crippen LogP contribution in [-0.4, -0.2) is 42.1 Å². The third kappa shape index (κ3) is 4.60. The smallest absolute Gasteiger partial charge is 0.326 e. The molecule has 0 aliphatic carbocycles. The molecule has 1 atom stereocenters. The number of fused-ring (bicyclic) bond motifs is 1. The van der Waals surface area contributed by atoms with Crippen molar-refractivity contribution in [3.63, 3.8) is 0 Å². The predicted molar refractivity (Wildman–Crippen MR) is 104 cm³/mol. The summed E-state index contributed by atoms with van der Waals surface area (Å²) in [5.41, 5.74) is 3.14. The summed E-state index contributed by atoms with van der Waals surface area (Å²) in [6.07, 6.45) is 5.33. The van der Waals surface area contributed by atoms with Gasteiger partial charge in [0, 0.05) is 23.1 Å². The number of hydrogen-bond donors (Lipinski definition) is 2. The number of aliphatic carboxylic acids is 1. The van der Waals surface area contributed by atoms with Crippen molar-refractivity contribution in [2.75, 3.05) is 19.1 Å². The molecule has 6 nitrogen and oxygen atoms in total. The lowest BCUT2D eigenvalue weighted by Crippen LogP contribution is -2.40. The van der Waals surface area contributed by atoms with Gasteiger partial charge in [-0.25, -0.2) is 4.79 Å². The molecular weight excluding hydrogens is 354 g/mol. The second kappa shape index (κ2) is 8.80. The summed E-state index contributed by atoms with van der Waals surface area (Å²) in [6, 6.07) is 2.79. The highest BCUT2D eigenvalue weighted by atomic mass is 32.2. The second-order valence-corrected chi connectivity index (χ2v) is 6.96. The van der Waals surface area contributed by atoms with Crippen molar-refractivity contribution in [1.82, 2.24) is 5.32 Å². The molecule has 2 rings (SSSR count). The highest BCUT2D eigenvalue weighted by Gasteiger charge is 2.19. The first-order valence-corrected chi connectivity index (χ1v) is 9.53. The third-order valence-corrected chi connectivity index (χ3v) is 4.73. The molecule has 0 fully saturated rings. The molecule has 1 aromatic heterocycles. The summed E-state index contributed by atoms with van der Waals surface area (Å²) in [5, 5.41) is 12.7. The van der Waals surface area contributed by atoms with Gasteiger partial charge in [-0.1, -0.05) is 0 Å². The molecule has 26 heavy (non-hydrogen) atoms. The van der Waals surface area contributed by atoms with Crippen molar-refractivity contribution in [2.45, 2.75) is 26.3 Å². The number of carboxylic acids is 1. The van der Waals surface area contributed by atoms with E-state index < -0.39 is 17.9 Å². The van der Waals surface area contributed by atoms with Crippen LogP contribution in [0.5, 0.6) is 5.75 Å². The molecular formula is C19H23NO5S. The Morgan fingerprint density at radius 1 is 1.42 bits per heavy atom. The Hall–Kier alpha value is -2.41. The summed E-state index contributed by atoms with van der Waals surface area (Å²) in [5.74, 6) is -0.233. The van der Waals surface area contributed by atoms with E-state index in [4.69, 9.17) is 9.15 Å². The topological polar surface area (TPSA) is 88.8 Å². The number of nitrogens with one attached hydrogen (secondary N) is 1. The molecule has 1 aromatic carbocycles. The number of aryl methyl sites for hydroxylation is 1. The number of rotatable bonds is 8. The SMILES string of the molecule is COc1cc2occ(C)c2cc1/C(C)=C/C(=O)NC(CCSC)C(=O)O. The van der Waals surface area contributed by atoms with Crippen LogP contribution in [0.1, 0.15) is 24.5 Å². The zero-order valence-electron chi connectivity index (χ0n) is 15.3. The molecule has 1 amide bonds. The van der Waals surface area contributed by atoms with Crippen LogP contribution in [0.2, 0.25) is 0 Å². The van der Waals surface area contributed by atoms with Crippen molar-refractivity contribution in [2.24, 2.45) is 0 Å². The van der Waals surface area contributed by atoms with Gasteiger partial charge in [0.1, 0.15) is 17.4 Å². The van der Waals surface area contributed by atoms with Gasteiger partial charge in [-0.2, -0.15) is 11.8 Å². The van der Waals surface area contributed by atoms with Crippen molar-refractivity contribution in [3.8, 4) is 5.75 Å². The quantitative estimate of drug-likeness (QED) is 0.685. The highest BCUT2D eigenvalue weighted by molar-refractivity contribution is 7.98. The number of allylic oxidation sites excluding steroid dienone is 1. The van der Waals surface area contributed by atoms with Gasteiger partial charge in [-0.3, -0.25) is 4.79 Å². The number of thioether (sulfide) groups is 1. The van der Waals surface area contributed by atoms with E-state index in [-0.39, 0.29) is 0 Å². The van der Waals surface area contributed by atoms with Gasteiger partial charge in [0.15, 0.2) is 0 Å². The molecule has 0 saturated carbocycles. The summed E-state index contributed by atoms with van der Waals surface area (Å²) in [6.45, 7) is 3.73. The monoisotopic (exact) mass is 377 g/mol. The average molecular weight is 377 g/mol. The molecule has 0 aliphatic rings. The van der Waals surface area contributed by atoms with E-state index >= 15 is 0 Å². The second-order valence-electron chi connectivity index (χ2n) is 5.98. The first kappa shape index (κ1) is 19.9. The lowest BCUT2D eigenvalue weighted by atomic mass is 10.0. The van der Waals surface area contributed by atoms with Gasteiger partial charge in [0.2, 0.25) is 5.91 Å². The minimum atomic E-state index is -1.04. The number of benzene rings is 1. The summed E-state index contributed by atoms with van der Waals surface area (Å²) in [4.78, 5) is 23.5.